The van der Waals surface area contributed by atoms with Crippen LogP contribution in [0.4, 0.5) is 0 Å². The molecule has 0 aliphatic carbocycles. The van der Waals surface area contributed by atoms with Crippen molar-refractivity contribution in [2.45, 2.75) is 5.75 Å². The zero-order valence-corrected chi connectivity index (χ0v) is 8.22. The molecule has 68 valence electrons. The SMILES string of the molecule is C#[N+]S(=O)(=O)Cc1ccccc1Cl. The van der Waals surface area contributed by atoms with Gasteiger partial charge in [0.15, 0.2) is 5.75 Å². The van der Waals surface area contributed by atoms with Gasteiger partial charge in [-0.15, -0.1) is 8.42 Å². The lowest BCUT2D eigenvalue weighted by atomic mass is 10.2. The Balaban J connectivity index is 3.02. The van der Waals surface area contributed by atoms with Gasteiger partial charge in [0.2, 0.25) is 0 Å². The average molecular weight is 217 g/mol. The first-order valence-electron chi connectivity index (χ1n) is 3.43. The third kappa shape index (κ3) is 2.72. The van der Waals surface area contributed by atoms with Crippen LogP contribution < -0.4 is 0 Å². The monoisotopic (exact) mass is 216 g/mol. The van der Waals surface area contributed by atoms with Crippen LogP contribution in [0.1, 0.15) is 5.56 Å². The van der Waals surface area contributed by atoms with Gasteiger partial charge in [-0.1, -0.05) is 29.8 Å². The molecule has 0 N–H and O–H groups in total. The summed E-state index contributed by atoms with van der Waals surface area (Å²) in [6.45, 7) is 4.70. The second kappa shape index (κ2) is 3.77. The van der Waals surface area contributed by atoms with E-state index in [2.05, 4.69) is 4.25 Å². The fourth-order valence-electron chi connectivity index (χ4n) is 0.849. The van der Waals surface area contributed by atoms with Crippen molar-refractivity contribution in [3.8, 4) is 6.57 Å². The van der Waals surface area contributed by atoms with E-state index in [0.717, 1.165) is 0 Å². The molecule has 0 aliphatic heterocycles. The second-order valence-electron chi connectivity index (χ2n) is 2.42. The van der Waals surface area contributed by atoms with Gasteiger partial charge in [-0.2, -0.15) is 0 Å². The van der Waals surface area contributed by atoms with Crippen molar-refractivity contribution >= 4 is 21.6 Å². The topological polar surface area (TPSA) is 38.5 Å². The molecule has 1 aromatic carbocycles. The van der Waals surface area contributed by atoms with Crippen LogP contribution in [0, 0.1) is 6.57 Å². The lowest BCUT2D eigenvalue weighted by Crippen LogP contribution is -1.98. The van der Waals surface area contributed by atoms with E-state index >= 15 is 0 Å². The quantitative estimate of drug-likeness (QED) is 0.760. The molecule has 5 heteroatoms. The molecule has 0 radical (unpaired) electrons. The standard InChI is InChI=1S/C8H7ClNO2S/c1-10-13(11,12)6-7-4-2-3-5-8(7)9/h1-5H,6H2/q+1. The summed E-state index contributed by atoms with van der Waals surface area (Å²) in [5, 5.41) is 0.398. The summed E-state index contributed by atoms with van der Waals surface area (Å²) in [5.41, 5.74) is 0.498. The zero-order valence-electron chi connectivity index (χ0n) is 6.64. The number of halogens is 1. The first-order chi connectivity index (χ1) is 6.05. The Hall–Kier alpha value is -1.05. The fraction of sp³-hybridized carbons (Fsp3) is 0.125. The number of benzene rings is 1. The number of hydrogen-bond donors (Lipinski definition) is 0. The highest BCUT2D eigenvalue weighted by Gasteiger charge is 2.20. The van der Waals surface area contributed by atoms with E-state index in [4.69, 9.17) is 18.2 Å². The molecule has 0 bridgehead atoms. The smallest absolute Gasteiger partial charge is 0.147 e. The molecule has 0 fully saturated rings. The van der Waals surface area contributed by atoms with Crippen molar-refractivity contribution in [2.24, 2.45) is 0 Å². The van der Waals surface area contributed by atoms with Crippen LogP contribution in [0.3, 0.4) is 0 Å². The molecule has 13 heavy (non-hydrogen) atoms. The third-order valence-corrected chi connectivity index (χ3v) is 2.82. The normalized spacial score (nSPS) is 10.8. The van der Waals surface area contributed by atoms with E-state index in [9.17, 15) is 8.42 Å². The molecule has 0 amide bonds. The molecule has 0 aromatic heterocycles. The number of rotatable bonds is 2. The number of nitrogens with zero attached hydrogens (tertiary/aromatic N) is 1. The van der Waals surface area contributed by atoms with Gasteiger partial charge >= 0.3 is 10.0 Å². The Morgan fingerprint density at radius 2 is 2.00 bits per heavy atom. The Morgan fingerprint density at radius 1 is 1.38 bits per heavy atom. The minimum absolute atomic E-state index is 0.261. The molecular formula is C8H7ClNO2S+. The van der Waals surface area contributed by atoms with Crippen LogP contribution in [-0.4, -0.2) is 8.42 Å². The Bertz CT molecular complexity index is 447. The molecule has 1 aromatic rings. The largest absolute Gasteiger partial charge is 0.482 e. The number of sulfonamides is 1. The second-order valence-corrected chi connectivity index (χ2v) is 4.49. The van der Waals surface area contributed by atoms with E-state index in [0.29, 0.717) is 10.6 Å². The van der Waals surface area contributed by atoms with Crippen LogP contribution in [0.5, 0.6) is 0 Å². The summed E-state index contributed by atoms with van der Waals surface area (Å²) in [6, 6.07) is 6.65. The van der Waals surface area contributed by atoms with Crippen LogP contribution in [0.15, 0.2) is 24.3 Å². The summed E-state index contributed by atoms with van der Waals surface area (Å²) in [6.07, 6.45) is 0. The summed E-state index contributed by atoms with van der Waals surface area (Å²) in [4.78, 5) is 0. The first kappa shape index (κ1) is 10.0. The van der Waals surface area contributed by atoms with E-state index in [1.807, 2.05) is 0 Å². The molecule has 0 heterocycles. The Morgan fingerprint density at radius 3 is 2.54 bits per heavy atom. The van der Waals surface area contributed by atoms with Crippen molar-refractivity contribution in [2.75, 3.05) is 0 Å². The molecular weight excluding hydrogens is 210 g/mol. The van der Waals surface area contributed by atoms with E-state index in [1.165, 1.54) is 0 Å². The highest BCUT2D eigenvalue weighted by molar-refractivity contribution is 7.92. The molecule has 0 atom stereocenters. The van der Waals surface area contributed by atoms with Gasteiger partial charge in [-0.25, -0.2) is 0 Å². The van der Waals surface area contributed by atoms with Gasteiger partial charge in [0.05, 0.1) is 4.25 Å². The molecule has 3 nitrogen and oxygen atoms in total. The Kier molecular flexibility index (Phi) is 2.91. The maximum absolute atomic E-state index is 11.0. The molecule has 1 rings (SSSR count). The van der Waals surface area contributed by atoms with Crippen molar-refractivity contribution in [1.29, 1.82) is 0 Å². The van der Waals surface area contributed by atoms with Crippen LogP contribution in [0.25, 0.3) is 4.25 Å². The molecule has 0 unspecified atom stereocenters. The zero-order chi connectivity index (χ0) is 9.90. The predicted molar refractivity (Wildman–Crippen MR) is 52.4 cm³/mol. The van der Waals surface area contributed by atoms with Crippen molar-refractivity contribution < 1.29 is 8.42 Å². The minimum Gasteiger partial charge on any atom is -0.147 e. The van der Waals surface area contributed by atoms with E-state index < -0.39 is 10.0 Å². The summed E-state index contributed by atoms with van der Waals surface area (Å²) in [5.74, 6) is -0.261. The van der Waals surface area contributed by atoms with E-state index in [1.54, 1.807) is 24.3 Å². The van der Waals surface area contributed by atoms with Gasteiger partial charge in [0.1, 0.15) is 0 Å². The predicted octanol–water partition coefficient (Wildman–Crippen LogP) is 2.13. The minimum atomic E-state index is -3.58. The van der Waals surface area contributed by atoms with Gasteiger partial charge in [0, 0.05) is 5.02 Å². The van der Waals surface area contributed by atoms with Crippen LogP contribution in [-0.2, 0) is 15.8 Å². The maximum Gasteiger partial charge on any atom is 0.482 e. The molecule has 0 saturated carbocycles. The summed E-state index contributed by atoms with van der Waals surface area (Å²) >= 11 is 5.74. The van der Waals surface area contributed by atoms with Crippen LogP contribution >= 0.6 is 11.6 Å². The average Bonchev–Trinajstić information content (AvgIpc) is 2.09. The summed E-state index contributed by atoms with van der Waals surface area (Å²) in [7, 11) is -3.58. The van der Waals surface area contributed by atoms with Crippen molar-refractivity contribution in [3.63, 3.8) is 0 Å². The molecule has 0 spiro atoms. The van der Waals surface area contributed by atoms with Crippen molar-refractivity contribution in [3.05, 3.63) is 39.1 Å². The maximum atomic E-state index is 11.0. The molecule has 0 saturated heterocycles. The lowest BCUT2D eigenvalue weighted by Gasteiger charge is -1.95. The van der Waals surface area contributed by atoms with Gasteiger partial charge in [-0.05, 0) is 11.6 Å². The third-order valence-electron chi connectivity index (χ3n) is 1.46. The molecule has 0 aliphatic rings. The van der Waals surface area contributed by atoms with Gasteiger partial charge in [-0.3, -0.25) is 0 Å². The van der Waals surface area contributed by atoms with Crippen LogP contribution in [0.2, 0.25) is 5.02 Å². The Labute approximate surface area is 81.8 Å². The van der Waals surface area contributed by atoms with E-state index in [-0.39, 0.29) is 5.75 Å². The highest BCUT2D eigenvalue weighted by atomic mass is 35.5. The first-order valence-corrected chi connectivity index (χ1v) is 5.42. The van der Waals surface area contributed by atoms with Gasteiger partial charge < -0.3 is 0 Å². The number of hydrogen-bond acceptors (Lipinski definition) is 2. The van der Waals surface area contributed by atoms with Gasteiger partial charge in [0.25, 0.3) is 6.57 Å². The van der Waals surface area contributed by atoms with Crippen molar-refractivity contribution in [1.82, 2.24) is 0 Å². The fourth-order valence-corrected chi connectivity index (χ4v) is 1.85. The highest BCUT2D eigenvalue weighted by Crippen LogP contribution is 2.17. The lowest BCUT2D eigenvalue weighted by molar-refractivity contribution is 0.603. The summed E-state index contributed by atoms with van der Waals surface area (Å²) < 4.78 is 24.7.